The highest BCUT2D eigenvalue weighted by molar-refractivity contribution is 7.12. The Labute approximate surface area is 134 Å². The van der Waals surface area contributed by atoms with Crippen LogP contribution in [0.2, 0.25) is 0 Å². The lowest BCUT2D eigenvalue weighted by Gasteiger charge is -2.10. The summed E-state index contributed by atoms with van der Waals surface area (Å²) in [5.74, 6) is 0.381. The predicted octanol–water partition coefficient (Wildman–Crippen LogP) is 2.68. The van der Waals surface area contributed by atoms with Crippen LogP contribution in [-0.2, 0) is 0 Å². The Balaban J connectivity index is 2.04. The molecule has 1 aliphatic heterocycles. The molecule has 0 radical (unpaired) electrons. The molecule has 0 fully saturated rings. The molecule has 114 valence electrons. The van der Waals surface area contributed by atoms with Crippen LogP contribution in [0, 0.1) is 10.1 Å². The van der Waals surface area contributed by atoms with Crippen molar-refractivity contribution in [3.8, 4) is 5.69 Å². The summed E-state index contributed by atoms with van der Waals surface area (Å²) >= 11 is 1.46. The number of non-ortho nitro benzene ring substituents is 1. The van der Waals surface area contributed by atoms with Crippen molar-refractivity contribution in [3.63, 3.8) is 0 Å². The zero-order valence-corrected chi connectivity index (χ0v) is 12.5. The van der Waals surface area contributed by atoms with Crippen LogP contribution in [-0.4, -0.2) is 25.3 Å². The molecule has 0 amide bonds. The number of hydrogen-bond acceptors (Lipinski definition) is 6. The summed E-state index contributed by atoms with van der Waals surface area (Å²) in [5, 5.41) is 23.4. The molecule has 1 aromatic carbocycles. The first kappa shape index (κ1) is 13.8. The molecule has 23 heavy (non-hydrogen) atoms. The summed E-state index contributed by atoms with van der Waals surface area (Å²) in [6, 6.07) is 8.31. The van der Waals surface area contributed by atoms with Crippen molar-refractivity contribution in [3.05, 3.63) is 74.5 Å². The van der Waals surface area contributed by atoms with Crippen LogP contribution in [0.15, 0.2) is 53.1 Å². The maximum Gasteiger partial charge on any atom is 0.270 e. The Hall–Kier alpha value is -2.84. The zero-order valence-electron chi connectivity index (χ0n) is 11.7. The molecular formula is C15H10N4O3S. The van der Waals surface area contributed by atoms with Gasteiger partial charge in [0.25, 0.3) is 5.69 Å². The van der Waals surface area contributed by atoms with E-state index in [1.807, 2.05) is 17.5 Å². The Kier molecular flexibility index (Phi) is 3.07. The number of nitro benzene ring substituents is 1. The van der Waals surface area contributed by atoms with E-state index in [1.54, 1.807) is 23.0 Å². The quantitative estimate of drug-likeness (QED) is 0.579. The number of aliphatic hydroxyl groups is 1. The Morgan fingerprint density at radius 2 is 2.22 bits per heavy atom. The molecule has 8 heteroatoms. The number of aliphatic hydroxyl groups excluding tert-OH is 1. The Bertz CT molecular complexity index is 930. The number of nitrogens with zero attached hydrogens (tertiary/aromatic N) is 4. The van der Waals surface area contributed by atoms with Gasteiger partial charge in [-0.15, -0.1) is 11.3 Å². The van der Waals surface area contributed by atoms with Crippen molar-refractivity contribution >= 4 is 22.7 Å². The zero-order chi connectivity index (χ0) is 16.0. The fraction of sp³-hybridized carbons (Fsp3) is 0.0667. The Morgan fingerprint density at radius 1 is 1.35 bits per heavy atom. The van der Waals surface area contributed by atoms with E-state index < -0.39 is 11.2 Å². The summed E-state index contributed by atoms with van der Waals surface area (Å²) in [4.78, 5) is 20.0. The van der Waals surface area contributed by atoms with Gasteiger partial charge in [-0.2, -0.15) is 0 Å². The normalized spacial score (nSPS) is 16.2. The van der Waals surface area contributed by atoms with Crippen LogP contribution in [0.5, 0.6) is 0 Å². The van der Waals surface area contributed by atoms with Crippen LogP contribution >= 0.6 is 11.3 Å². The average molecular weight is 326 g/mol. The van der Waals surface area contributed by atoms with E-state index in [0.717, 1.165) is 4.88 Å². The largest absolute Gasteiger partial charge is 0.365 e. The number of hydrogen-bond donors (Lipinski definition) is 1. The van der Waals surface area contributed by atoms with Crippen LogP contribution in [0.1, 0.15) is 22.5 Å². The molecule has 2 aromatic heterocycles. The topological polar surface area (TPSA) is 93.6 Å². The third-order valence-electron chi connectivity index (χ3n) is 3.61. The van der Waals surface area contributed by atoms with E-state index in [2.05, 4.69) is 9.98 Å². The predicted molar refractivity (Wildman–Crippen MR) is 85.1 cm³/mol. The van der Waals surface area contributed by atoms with Gasteiger partial charge in [0.15, 0.2) is 5.82 Å². The third kappa shape index (κ3) is 2.16. The molecule has 0 spiro atoms. The molecule has 1 aliphatic rings. The first-order valence-electron chi connectivity index (χ1n) is 6.77. The second kappa shape index (κ2) is 5.11. The second-order valence-electron chi connectivity index (χ2n) is 4.94. The molecule has 1 N–H and O–H groups in total. The van der Waals surface area contributed by atoms with Crippen molar-refractivity contribution in [2.75, 3.05) is 0 Å². The van der Waals surface area contributed by atoms with E-state index in [4.69, 9.17) is 0 Å². The summed E-state index contributed by atoms with van der Waals surface area (Å²) in [6.45, 7) is 0. The standard InChI is InChI=1S/C15H10N4O3S/c20-15-14-16-5-6-18(14)11-4-3-9(19(21)22)8-10(11)13(17-15)12-2-1-7-23-12/h1-8,15,20H. The van der Waals surface area contributed by atoms with E-state index >= 15 is 0 Å². The second-order valence-corrected chi connectivity index (χ2v) is 5.89. The number of rotatable bonds is 2. The van der Waals surface area contributed by atoms with E-state index in [0.29, 0.717) is 22.8 Å². The molecule has 1 atom stereocenters. The fourth-order valence-corrected chi connectivity index (χ4v) is 3.34. The lowest BCUT2D eigenvalue weighted by molar-refractivity contribution is -0.384. The highest BCUT2D eigenvalue weighted by Crippen LogP contribution is 2.32. The van der Waals surface area contributed by atoms with Crippen molar-refractivity contribution in [2.45, 2.75) is 6.23 Å². The molecule has 0 aliphatic carbocycles. The number of fused-ring (bicyclic) bond motifs is 3. The minimum Gasteiger partial charge on any atom is -0.365 e. The van der Waals surface area contributed by atoms with Gasteiger partial charge in [-0.25, -0.2) is 9.98 Å². The van der Waals surface area contributed by atoms with Gasteiger partial charge in [0.1, 0.15) is 0 Å². The molecule has 4 rings (SSSR count). The van der Waals surface area contributed by atoms with Crippen molar-refractivity contribution < 1.29 is 10.0 Å². The van der Waals surface area contributed by atoms with Crippen molar-refractivity contribution in [2.24, 2.45) is 4.99 Å². The van der Waals surface area contributed by atoms with E-state index in [9.17, 15) is 15.2 Å². The number of thiophene rings is 1. The number of aliphatic imine (C=N–C) groups is 1. The van der Waals surface area contributed by atoms with Gasteiger partial charge in [-0.1, -0.05) is 6.07 Å². The lowest BCUT2D eigenvalue weighted by atomic mass is 10.1. The summed E-state index contributed by atoms with van der Waals surface area (Å²) in [5.41, 5.74) is 1.80. The number of benzene rings is 1. The van der Waals surface area contributed by atoms with Gasteiger partial charge in [0, 0.05) is 30.1 Å². The molecule has 1 unspecified atom stereocenters. The molecule has 0 saturated carbocycles. The minimum atomic E-state index is -1.13. The molecule has 0 saturated heterocycles. The van der Waals surface area contributed by atoms with Crippen LogP contribution in [0.3, 0.4) is 0 Å². The SMILES string of the molecule is O=[N+]([O-])c1ccc2c(c1)C(c1cccs1)=NC(O)c1nccn1-2. The smallest absolute Gasteiger partial charge is 0.270 e. The van der Waals surface area contributed by atoms with Gasteiger partial charge < -0.3 is 5.11 Å². The van der Waals surface area contributed by atoms with E-state index in [-0.39, 0.29) is 5.69 Å². The van der Waals surface area contributed by atoms with Crippen LogP contribution < -0.4 is 0 Å². The van der Waals surface area contributed by atoms with Crippen LogP contribution in [0.4, 0.5) is 5.69 Å². The highest BCUT2D eigenvalue weighted by Gasteiger charge is 2.26. The number of aromatic nitrogens is 2. The van der Waals surface area contributed by atoms with Crippen LogP contribution in [0.25, 0.3) is 5.69 Å². The molecular weight excluding hydrogens is 316 g/mol. The monoisotopic (exact) mass is 326 g/mol. The van der Waals surface area contributed by atoms with E-state index in [1.165, 1.54) is 23.5 Å². The van der Waals surface area contributed by atoms with Gasteiger partial charge in [-0.05, 0) is 17.5 Å². The molecule has 3 aromatic rings. The van der Waals surface area contributed by atoms with Gasteiger partial charge >= 0.3 is 0 Å². The van der Waals surface area contributed by atoms with Crippen molar-refractivity contribution in [1.82, 2.24) is 9.55 Å². The van der Waals surface area contributed by atoms with Gasteiger partial charge in [0.05, 0.1) is 21.2 Å². The van der Waals surface area contributed by atoms with Gasteiger partial charge in [0.2, 0.25) is 6.23 Å². The first-order chi connectivity index (χ1) is 11.1. The summed E-state index contributed by atoms with van der Waals surface area (Å²) in [6.07, 6.45) is 2.14. The lowest BCUT2D eigenvalue weighted by Crippen LogP contribution is -2.06. The first-order valence-corrected chi connectivity index (χ1v) is 7.65. The van der Waals surface area contributed by atoms with Gasteiger partial charge in [-0.3, -0.25) is 14.7 Å². The third-order valence-corrected chi connectivity index (χ3v) is 4.49. The number of imidazole rings is 1. The fourth-order valence-electron chi connectivity index (χ4n) is 2.61. The molecule has 3 heterocycles. The average Bonchev–Trinajstić information content (AvgIpc) is 3.21. The Morgan fingerprint density at radius 3 is 2.96 bits per heavy atom. The summed E-state index contributed by atoms with van der Waals surface area (Å²) < 4.78 is 1.70. The maximum atomic E-state index is 11.1. The number of nitro groups is 1. The molecule has 0 bridgehead atoms. The van der Waals surface area contributed by atoms with Crippen molar-refractivity contribution in [1.29, 1.82) is 0 Å². The summed E-state index contributed by atoms with van der Waals surface area (Å²) in [7, 11) is 0. The maximum absolute atomic E-state index is 11.1. The highest BCUT2D eigenvalue weighted by atomic mass is 32.1. The molecule has 7 nitrogen and oxygen atoms in total. The minimum absolute atomic E-state index is 0.0222.